The lowest BCUT2D eigenvalue weighted by Gasteiger charge is -2.25. The molecule has 0 aliphatic carbocycles. The highest BCUT2D eigenvalue weighted by Gasteiger charge is 2.29. The second-order valence-corrected chi connectivity index (χ2v) is 6.22. The summed E-state index contributed by atoms with van der Waals surface area (Å²) in [5, 5.41) is 3.91. The number of nitrogens with two attached hydrogens (primary N) is 1. The zero-order valence-corrected chi connectivity index (χ0v) is 10.7. The summed E-state index contributed by atoms with van der Waals surface area (Å²) >= 11 is 0. The molecule has 0 radical (unpaired) electrons. The Morgan fingerprint density at radius 3 is 2.94 bits per heavy atom. The topological polar surface area (TPSA) is 89.4 Å². The third-order valence-corrected chi connectivity index (χ3v) is 4.95. The SMILES string of the molecule is CCCS(=O)(=O)N1CCc2noc(CN)c2C1. The van der Waals surface area contributed by atoms with Crippen LogP contribution in [0.3, 0.4) is 0 Å². The number of hydrogen-bond acceptors (Lipinski definition) is 5. The molecule has 0 fully saturated rings. The molecule has 2 heterocycles. The Kier molecular flexibility index (Phi) is 3.50. The van der Waals surface area contributed by atoms with Crippen molar-refractivity contribution in [1.82, 2.24) is 9.46 Å². The van der Waals surface area contributed by atoms with Crippen molar-refractivity contribution < 1.29 is 12.9 Å². The van der Waals surface area contributed by atoms with E-state index in [9.17, 15) is 8.42 Å². The van der Waals surface area contributed by atoms with E-state index in [-0.39, 0.29) is 12.3 Å². The maximum Gasteiger partial charge on any atom is 0.214 e. The molecule has 6 nitrogen and oxygen atoms in total. The summed E-state index contributed by atoms with van der Waals surface area (Å²) in [4.78, 5) is 0. The first-order valence-electron chi connectivity index (χ1n) is 5.72. The molecule has 2 rings (SSSR count). The summed E-state index contributed by atoms with van der Waals surface area (Å²) in [5.41, 5.74) is 7.22. The van der Waals surface area contributed by atoms with Crippen molar-refractivity contribution in [3.8, 4) is 0 Å². The maximum atomic E-state index is 12.0. The van der Waals surface area contributed by atoms with Gasteiger partial charge >= 0.3 is 0 Å². The normalized spacial score (nSPS) is 17.1. The lowest BCUT2D eigenvalue weighted by Crippen LogP contribution is -2.37. The molecule has 96 valence electrons. The number of nitrogens with zero attached hydrogens (tertiary/aromatic N) is 2. The summed E-state index contributed by atoms with van der Waals surface area (Å²) in [6.45, 7) is 2.93. The Labute approximate surface area is 101 Å². The van der Waals surface area contributed by atoms with Gasteiger partial charge in [0.2, 0.25) is 10.0 Å². The Bertz CT molecular complexity index is 481. The fourth-order valence-corrected chi connectivity index (χ4v) is 3.50. The van der Waals surface area contributed by atoms with Crippen LogP contribution in [-0.4, -0.2) is 30.2 Å². The Hall–Kier alpha value is -0.920. The van der Waals surface area contributed by atoms with E-state index in [1.54, 1.807) is 0 Å². The standard InChI is InChI=1S/C10H17N3O3S/c1-2-5-17(14,15)13-4-3-9-8(7-13)10(6-11)16-12-9/h2-7,11H2,1H3. The molecule has 7 heteroatoms. The minimum Gasteiger partial charge on any atom is -0.359 e. The third-order valence-electron chi connectivity index (χ3n) is 2.92. The lowest BCUT2D eigenvalue weighted by molar-refractivity contribution is 0.377. The Balaban J connectivity index is 2.23. The van der Waals surface area contributed by atoms with Crippen LogP contribution in [0, 0.1) is 0 Å². The first-order valence-corrected chi connectivity index (χ1v) is 7.33. The molecule has 0 amide bonds. The van der Waals surface area contributed by atoms with Crippen molar-refractivity contribution in [3.63, 3.8) is 0 Å². The summed E-state index contributed by atoms with van der Waals surface area (Å²) in [7, 11) is -3.16. The summed E-state index contributed by atoms with van der Waals surface area (Å²) in [6, 6.07) is 0. The number of rotatable bonds is 4. The van der Waals surface area contributed by atoms with Gasteiger partial charge in [-0.3, -0.25) is 0 Å². The highest BCUT2D eigenvalue weighted by atomic mass is 32.2. The first-order chi connectivity index (χ1) is 8.08. The quantitative estimate of drug-likeness (QED) is 0.836. The predicted octanol–water partition coefficient (Wildman–Crippen LogP) is 0.231. The van der Waals surface area contributed by atoms with E-state index in [1.807, 2.05) is 6.92 Å². The van der Waals surface area contributed by atoms with Crippen LogP contribution in [0.25, 0.3) is 0 Å². The molecule has 1 aromatic heterocycles. The van der Waals surface area contributed by atoms with Gasteiger partial charge in [0, 0.05) is 25.1 Å². The highest BCUT2D eigenvalue weighted by Crippen LogP contribution is 2.24. The van der Waals surface area contributed by atoms with Gasteiger partial charge in [-0.1, -0.05) is 12.1 Å². The summed E-state index contributed by atoms with van der Waals surface area (Å²) in [5.74, 6) is 0.780. The van der Waals surface area contributed by atoms with Gasteiger partial charge in [-0.15, -0.1) is 0 Å². The van der Waals surface area contributed by atoms with Crippen LogP contribution in [0.4, 0.5) is 0 Å². The predicted molar refractivity (Wildman–Crippen MR) is 62.6 cm³/mol. The van der Waals surface area contributed by atoms with E-state index in [4.69, 9.17) is 10.3 Å². The van der Waals surface area contributed by atoms with E-state index in [0.29, 0.717) is 31.7 Å². The zero-order chi connectivity index (χ0) is 12.5. The number of fused-ring (bicyclic) bond motifs is 1. The molecule has 0 atom stereocenters. The van der Waals surface area contributed by atoms with Crippen molar-refractivity contribution in [2.45, 2.75) is 32.9 Å². The van der Waals surface area contributed by atoms with Crippen molar-refractivity contribution in [2.75, 3.05) is 12.3 Å². The monoisotopic (exact) mass is 259 g/mol. The number of aromatic nitrogens is 1. The molecular weight excluding hydrogens is 242 g/mol. The average molecular weight is 259 g/mol. The Morgan fingerprint density at radius 1 is 1.53 bits per heavy atom. The molecule has 1 aromatic rings. The van der Waals surface area contributed by atoms with Crippen LogP contribution in [0.15, 0.2) is 4.52 Å². The largest absolute Gasteiger partial charge is 0.359 e. The average Bonchev–Trinajstić information content (AvgIpc) is 2.70. The van der Waals surface area contributed by atoms with Crippen LogP contribution in [0.2, 0.25) is 0 Å². The molecule has 17 heavy (non-hydrogen) atoms. The summed E-state index contributed by atoms with van der Waals surface area (Å²) < 4.78 is 30.5. The molecule has 0 unspecified atom stereocenters. The molecule has 1 aliphatic rings. The van der Waals surface area contributed by atoms with Crippen LogP contribution in [0.1, 0.15) is 30.4 Å². The molecular formula is C10H17N3O3S. The van der Waals surface area contributed by atoms with Crippen LogP contribution in [-0.2, 0) is 29.5 Å². The molecule has 0 spiro atoms. The smallest absolute Gasteiger partial charge is 0.214 e. The van der Waals surface area contributed by atoms with Gasteiger partial charge in [-0.25, -0.2) is 8.42 Å². The zero-order valence-electron chi connectivity index (χ0n) is 9.85. The van der Waals surface area contributed by atoms with Gasteiger partial charge in [-0.05, 0) is 6.42 Å². The molecule has 1 aliphatic heterocycles. The third kappa shape index (κ3) is 2.36. The molecule has 2 N–H and O–H groups in total. The second-order valence-electron chi connectivity index (χ2n) is 4.13. The number of hydrogen-bond donors (Lipinski definition) is 1. The molecule has 0 aromatic carbocycles. The van der Waals surface area contributed by atoms with Gasteiger partial charge < -0.3 is 10.3 Å². The van der Waals surface area contributed by atoms with E-state index < -0.39 is 10.0 Å². The van der Waals surface area contributed by atoms with Crippen molar-refractivity contribution in [3.05, 3.63) is 17.0 Å². The van der Waals surface area contributed by atoms with Gasteiger partial charge in [0.15, 0.2) is 5.76 Å². The molecule has 0 saturated heterocycles. The van der Waals surface area contributed by atoms with Gasteiger partial charge in [0.25, 0.3) is 0 Å². The van der Waals surface area contributed by atoms with Gasteiger partial charge in [0.05, 0.1) is 18.0 Å². The van der Waals surface area contributed by atoms with E-state index >= 15 is 0 Å². The van der Waals surface area contributed by atoms with E-state index in [0.717, 1.165) is 11.3 Å². The fraction of sp³-hybridized carbons (Fsp3) is 0.700. The van der Waals surface area contributed by atoms with E-state index in [1.165, 1.54) is 4.31 Å². The molecule has 0 bridgehead atoms. The van der Waals surface area contributed by atoms with Crippen LogP contribution < -0.4 is 5.73 Å². The number of sulfonamides is 1. The maximum absolute atomic E-state index is 12.0. The second kappa shape index (κ2) is 4.75. The highest BCUT2D eigenvalue weighted by molar-refractivity contribution is 7.89. The van der Waals surface area contributed by atoms with Crippen LogP contribution >= 0.6 is 0 Å². The minimum absolute atomic E-state index is 0.186. The van der Waals surface area contributed by atoms with Crippen molar-refractivity contribution in [2.24, 2.45) is 5.73 Å². The minimum atomic E-state index is -3.16. The first kappa shape index (κ1) is 12.5. The van der Waals surface area contributed by atoms with Crippen molar-refractivity contribution in [1.29, 1.82) is 0 Å². The molecule has 0 saturated carbocycles. The fourth-order valence-electron chi connectivity index (χ4n) is 2.03. The van der Waals surface area contributed by atoms with Gasteiger partial charge in [-0.2, -0.15) is 4.31 Å². The van der Waals surface area contributed by atoms with E-state index in [2.05, 4.69) is 5.16 Å². The van der Waals surface area contributed by atoms with Crippen molar-refractivity contribution >= 4 is 10.0 Å². The van der Waals surface area contributed by atoms with Crippen LogP contribution in [0.5, 0.6) is 0 Å². The summed E-state index contributed by atoms with van der Waals surface area (Å²) in [6.07, 6.45) is 1.22. The van der Waals surface area contributed by atoms with Gasteiger partial charge in [0.1, 0.15) is 0 Å². The Morgan fingerprint density at radius 2 is 2.29 bits per heavy atom. The lowest BCUT2D eigenvalue weighted by atomic mass is 10.1.